The Hall–Kier alpha value is -0.820. The minimum Gasteiger partial charge on any atom is -0.356 e. The lowest BCUT2D eigenvalue weighted by Gasteiger charge is -2.24. The van der Waals surface area contributed by atoms with E-state index in [-0.39, 0.29) is 5.75 Å². The first-order chi connectivity index (χ1) is 11.0. The van der Waals surface area contributed by atoms with Crippen molar-refractivity contribution in [2.75, 3.05) is 39.0 Å². The van der Waals surface area contributed by atoms with E-state index in [4.69, 9.17) is 0 Å². The zero-order chi connectivity index (χ0) is 17.3. The van der Waals surface area contributed by atoms with E-state index in [0.717, 1.165) is 43.9 Å². The maximum absolute atomic E-state index is 11.4. The summed E-state index contributed by atoms with van der Waals surface area (Å²) in [5, 5.41) is 3.35. The van der Waals surface area contributed by atoms with Crippen LogP contribution in [0.3, 0.4) is 0 Å². The summed E-state index contributed by atoms with van der Waals surface area (Å²) in [6, 6.07) is 0. The van der Waals surface area contributed by atoms with Crippen molar-refractivity contribution in [2.24, 2.45) is 16.8 Å². The van der Waals surface area contributed by atoms with Gasteiger partial charge in [-0.25, -0.2) is 13.1 Å². The summed E-state index contributed by atoms with van der Waals surface area (Å²) in [6.07, 6.45) is 4.49. The standard InChI is InChI=1S/C16H34N4O2S/c1-5-14(6-2)15-9-12-20(13-15)16(17-4)18-10-8-11-19-23(21,22)7-3/h14-15,19H,5-13H2,1-4H3,(H,17,18). The minimum atomic E-state index is -3.08. The SMILES string of the molecule is CCC(CC)C1CCN(C(=NC)NCCCNS(=O)(=O)CC)C1. The van der Waals surface area contributed by atoms with Crippen molar-refractivity contribution in [1.29, 1.82) is 0 Å². The maximum Gasteiger partial charge on any atom is 0.211 e. The fourth-order valence-corrected chi connectivity index (χ4v) is 3.93. The number of likely N-dealkylation sites (tertiary alicyclic amines) is 1. The van der Waals surface area contributed by atoms with Gasteiger partial charge >= 0.3 is 0 Å². The molecule has 136 valence electrons. The Morgan fingerprint density at radius 2 is 1.96 bits per heavy atom. The number of nitrogens with one attached hydrogen (secondary N) is 2. The normalized spacial score (nSPS) is 19.6. The molecule has 1 fully saturated rings. The van der Waals surface area contributed by atoms with Crippen LogP contribution in [0.25, 0.3) is 0 Å². The van der Waals surface area contributed by atoms with E-state index in [1.807, 2.05) is 7.05 Å². The molecular weight excluding hydrogens is 312 g/mol. The Morgan fingerprint density at radius 3 is 2.52 bits per heavy atom. The van der Waals surface area contributed by atoms with Gasteiger partial charge in [-0.15, -0.1) is 0 Å². The van der Waals surface area contributed by atoms with Gasteiger partial charge in [0.15, 0.2) is 5.96 Å². The van der Waals surface area contributed by atoms with E-state index < -0.39 is 10.0 Å². The maximum atomic E-state index is 11.4. The predicted molar refractivity (Wildman–Crippen MR) is 97.2 cm³/mol. The molecule has 2 N–H and O–H groups in total. The van der Waals surface area contributed by atoms with Gasteiger partial charge in [-0.2, -0.15) is 0 Å². The Bertz CT molecular complexity index is 461. The summed E-state index contributed by atoms with van der Waals surface area (Å²) in [4.78, 5) is 6.70. The average molecular weight is 347 g/mol. The zero-order valence-electron chi connectivity index (χ0n) is 15.1. The first kappa shape index (κ1) is 20.2. The Kier molecular flexibility index (Phi) is 8.91. The molecule has 0 saturated carbocycles. The van der Waals surface area contributed by atoms with Crippen molar-refractivity contribution in [1.82, 2.24) is 14.9 Å². The van der Waals surface area contributed by atoms with E-state index >= 15 is 0 Å². The van der Waals surface area contributed by atoms with Gasteiger partial charge in [0.2, 0.25) is 10.0 Å². The summed E-state index contributed by atoms with van der Waals surface area (Å²) in [6.45, 7) is 9.54. The van der Waals surface area contributed by atoms with E-state index in [2.05, 4.69) is 33.8 Å². The van der Waals surface area contributed by atoms with Crippen LogP contribution in [0, 0.1) is 11.8 Å². The number of aliphatic imine (C=N–C) groups is 1. The van der Waals surface area contributed by atoms with Crippen LogP contribution in [-0.2, 0) is 10.0 Å². The Labute approximate surface area is 142 Å². The van der Waals surface area contributed by atoms with Gasteiger partial charge in [-0.3, -0.25) is 4.99 Å². The van der Waals surface area contributed by atoms with Gasteiger partial charge in [0.05, 0.1) is 5.75 Å². The molecule has 0 bridgehead atoms. The van der Waals surface area contributed by atoms with Crippen LogP contribution in [0.15, 0.2) is 4.99 Å². The molecule has 0 aromatic heterocycles. The highest BCUT2D eigenvalue weighted by Gasteiger charge is 2.29. The second-order valence-corrected chi connectivity index (χ2v) is 8.29. The van der Waals surface area contributed by atoms with Crippen LogP contribution < -0.4 is 10.0 Å². The fourth-order valence-electron chi connectivity index (χ4n) is 3.27. The quantitative estimate of drug-likeness (QED) is 0.378. The van der Waals surface area contributed by atoms with Crippen molar-refractivity contribution in [3.8, 4) is 0 Å². The first-order valence-corrected chi connectivity index (χ1v) is 10.6. The van der Waals surface area contributed by atoms with Crippen LogP contribution >= 0.6 is 0 Å². The van der Waals surface area contributed by atoms with Gasteiger partial charge < -0.3 is 10.2 Å². The molecule has 1 unspecified atom stereocenters. The molecule has 1 saturated heterocycles. The summed E-state index contributed by atoms with van der Waals surface area (Å²) in [5.41, 5.74) is 0. The van der Waals surface area contributed by atoms with Crippen molar-refractivity contribution in [3.63, 3.8) is 0 Å². The first-order valence-electron chi connectivity index (χ1n) is 8.90. The molecule has 0 aliphatic carbocycles. The molecule has 1 rings (SSSR count). The molecule has 7 heteroatoms. The second kappa shape index (κ2) is 10.1. The number of rotatable bonds is 9. The summed E-state index contributed by atoms with van der Waals surface area (Å²) in [7, 11) is -1.27. The molecule has 1 heterocycles. The number of sulfonamides is 1. The van der Waals surface area contributed by atoms with Gasteiger partial charge in [0.1, 0.15) is 0 Å². The summed E-state index contributed by atoms with van der Waals surface area (Å²) >= 11 is 0. The lowest BCUT2D eigenvalue weighted by atomic mass is 9.87. The molecule has 23 heavy (non-hydrogen) atoms. The molecule has 0 amide bonds. The number of hydrogen-bond acceptors (Lipinski definition) is 3. The molecular formula is C16H34N4O2S. The average Bonchev–Trinajstić information content (AvgIpc) is 3.01. The van der Waals surface area contributed by atoms with E-state index in [1.54, 1.807) is 6.92 Å². The van der Waals surface area contributed by atoms with Crippen molar-refractivity contribution >= 4 is 16.0 Å². The van der Waals surface area contributed by atoms with Crippen LogP contribution in [-0.4, -0.2) is 58.3 Å². The van der Waals surface area contributed by atoms with Crippen molar-refractivity contribution < 1.29 is 8.42 Å². The van der Waals surface area contributed by atoms with Crippen molar-refractivity contribution in [2.45, 2.75) is 46.5 Å². The molecule has 6 nitrogen and oxygen atoms in total. The lowest BCUT2D eigenvalue weighted by Crippen LogP contribution is -2.41. The highest BCUT2D eigenvalue weighted by atomic mass is 32.2. The van der Waals surface area contributed by atoms with Crippen molar-refractivity contribution in [3.05, 3.63) is 0 Å². The smallest absolute Gasteiger partial charge is 0.211 e. The third-order valence-corrected chi connectivity index (χ3v) is 6.19. The molecule has 1 aliphatic rings. The van der Waals surface area contributed by atoms with Gasteiger partial charge in [-0.05, 0) is 31.6 Å². The van der Waals surface area contributed by atoms with Crippen LogP contribution in [0.2, 0.25) is 0 Å². The third-order valence-electron chi connectivity index (χ3n) is 4.79. The van der Waals surface area contributed by atoms with E-state index in [1.165, 1.54) is 19.3 Å². The van der Waals surface area contributed by atoms with Gasteiger partial charge in [-0.1, -0.05) is 26.7 Å². The Morgan fingerprint density at radius 1 is 1.26 bits per heavy atom. The van der Waals surface area contributed by atoms with Crippen LogP contribution in [0.1, 0.15) is 46.5 Å². The molecule has 0 aromatic rings. The number of nitrogens with zero attached hydrogens (tertiary/aromatic N) is 2. The Balaban J connectivity index is 2.33. The highest BCUT2D eigenvalue weighted by Crippen LogP contribution is 2.28. The summed E-state index contributed by atoms with van der Waals surface area (Å²) < 4.78 is 25.3. The second-order valence-electron chi connectivity index (χ2n) is 6.20. The van der Waals surface area contributed by atoms with Gasteiger partial charge in [0.25, 0.3) is 0 Å². The lowest BCUT2D eigenvalue weighted by molar-refractivity contribution is 0.319. The van der Waals surface area contributed by atoms with E-state index in [9.17, 15) is 8.42 Å². The molecule has 1 aliphatic heterocycles. The summed E-state index contributed by atoms with van der Waals surface area (Å²) in [5.74, 6) is 2.64. The fraction of sp³-hybridized carbons (Fsp3) is 0.938. The zero-order valence-corrected chi connectivity index (χ0v) is 16.0. The number of guanidine groups is 1. The molecule has 1 atom stereocenters. The highest BCUT2D eigenvalue weighted by molar-refractivity contribution is 7.89. The number of hydrogen-bond donors (Lipinski definition) is 2. The molecule has 0 aromatic carbocycles. The molecule has 0 spiro atoms. The largest absolute Gasteiger partial charge is 0.356 e. The topological polar surface area (TPSA) is 73.8 Å². The minimum absolute atomic E-state index is 0.132. The van der Waals surface area contributed by atoms with Gasteiger partial charge in [0, 0.05) is 33.2 Å². The monoisotopic (exact) mass is 346 g/mol. The predicted octanol–water partition coefficient (Wildman–Crippen LogP) is 1.65. The van der Waals surface area contributed by atoms with Crippen LogP contribution in [0.4, 0.5) is 0 Å². The molecule has 0 radical (unpaired) electrons. The van der Waals surface area contributed by atoms with Crippen LogP contribution in [0.5, 0.6) is 0 Å². The van der Waals surface area contributed by atoms with E-state index in [0.29, 0.717) is 6.54 Å². The third kappa shape index (κ3) is 6.67.